The molecule has 0 spiro atoms. The summed E-state index contributed by atoms with van der Waals surface area (Å²) in [7, 11) is -1.84. The molecule has 0 bridgehead atoms. The molecule has 0 aliphatic carbocycles. The first kappa shape index (κ1) is 17.9. The van der Waals surface area contributed by atoms with E-state index in [0.717, 1.165) is 12.0 Å². The van der Waals surface area contributed by atoms with Crippen LogP contribution in [0.3, 0.4) is 0 Å². The van der Waals surface area contributed by atoms with Gasteiger partial charge in [-0.2, -0.15) is 0 Å². The van der Waals surface area contributed by atoms with Gasteiger partial charge in [-0.3, -0.25) is 14.6 Å². The van der Waals surface area contributed by atoms with Crippen LogP contribution in [0.25, 0.3) is 0 Å². The quantitative estimate of drug-likeness (QED) is 0.545. The van der Waals surface area contributed by atoms with Crippen molar-refractivity contribution in [3.63, 3.8) is 0 Å². The van der Waals surface area contributed by atoms with Gasteiger partial charge in [0.05, 0.1) is 11.5 Å². The Hall–Kier alpha value is -1.90. The van der Waals surface area contributed by atoms with Crippen molar-refractivity contribution in [1.82, 2.24) is 9.29 Å². The summed E-state index contributed by atoms with van der Waals surface area (Å²) in [6.45, 7) is 0.753. The lowest BCUT2D eigenvalue weighted by molar-refractivity contribution is -0.151. The van der Waals surface area contributed by atoms with Crippen LogP contribution in [0.1, 0.15) is 28.1 Å². The van der Waals surface area contributed by atoms with Gasteiger partial charge in [-0.05, 0) is 42.3 Å². The van der Waals surface area contributed by atoms with Gasteiger partial charge in [-0.15, -0.1) is 11.3 Å². The zero-order valence-electron chi connectivity index (χ0n) is 13.5. The van der Waals surface area contributed by atoms with Crippen molar-refractivity contribution in [2.45, 2.75) is 25.3 Å². The van der Waals surface area contributed by atoms with E-state index in [1.165, 1.54) is 15.6 Å². The molecular formula is C17H18N2O4S2. The zero-order valence-corrected chi connectivity index (χ0v) is 15.1. The second-order valence-electron chi connectivity index (χ2n) is 5.59. The molecule has 2 atom stereocenters. The third-order valence-electron chi connectivity index (χ3n) is 3.91. The third kappa shape index (κ3) is 4.39. The monoisotopic (exact) mass is 378 g/mol. The number of rotatable bonds is 7. The number of nitrogens with zero attached hydrogens (tertiary/aromatic N) is 2. The molecule has 132 valence electrons. The van der Waals surface area contributed by atoms with Crippen molar-refractivity contribution in [1.29, 1.82) is 0 Å². The maximum atomic E-state index is 12.3. The number of esters is 1. The van der Waals surface area contributed by atoms with E-state index < -0.39 is 28.1 Å². The molecular weight excluding hydrogens is 360 g/mol. The Morgan fingerprint density at radius 1 is 1.36 bits per heavy atom. The summed E-state index contributed by atoms with van der Waals surface area (Å²) in [5.41, 5.74) is 1.09. The van der Waals surface area contributed by atoms with Gasteiger partial charge < -0.3 is 4.74 Å². The SMILES string of the molecule is O=C(OCCCc1cccnc1)[C@@H]1CCN1S(=O)C(=O)c1cccs1. The van der Waals surface area contributed by atoms with Crippen LogP contribution in [0.4, 0.5) is 0 Å². The number of pyridine rings is 1. The van der Waals surface area contributed by atoms with E-state index in [-0.39, 0.29) is 0 Å². The van der Waals surface area contributed by atoms with E-state index >= 15 is 0 Å². The Labute approximate surface area is 152 Å². The highest BCUT2D eigenvalue weighted by molar-refractivity contribution is 7.99. The van der Waals surface area contributed by atoms with Crippen molar-refractivity contribution in [3.8, 4) is 0 Å². The minimum atomic E-state index is -1.84. The van der Waals surface area contributed by atoms with Crippen LogP contribution in [0.15, 0.2) is 42.0 Å². The Morgan fingerprint density at radius 2 is 2.24 bits per heavy atom. The van der Waals surface area contributed by atoms with Crippen molar-refractivity contribution in [2.24, 2.45) is 0 Å². The number of thiophene rings is 1. The highest BCUT2D eigenvalue weighted by atomic mass is 32.2. The minimum Gasteiger partial charge on any atom is -0.464 e. The van der Waals surface area contributed by atoms with Crippen LogP contribution >= 0.6 is 11.3 Å². The average Bonchev–Trinajstić information content (AvgIpc) is 3.12. The Morgan fingerprint density at radius 3 is 2.88 bits per heavy atom. The normalized spacial score (nSPS) is 18.3. The van der Waals surface area contributed by atoms with Gasteiger partial charge in [0.2, 0.25) is 0 Å². The number of ether oxygens (including phenoxy) is 1. The number of aromatic nitrogens is 1. The number of hydrogen-bond acceptors (Lipinski definition) is 6. The molecule has 8 heteroatoms. The van der Waals surface area contributed by atoms with Gasteiger partial charge in [0.1, 0.15) is 6.04 Å². The lowest BCUT2D eigenvalue weighted by Gasteiger charge is -2.36. The average molecular weight is 378 g/mol. The van der Waals surface area contributed by atoms with Crippen molar-refractivity contribution >= 4 is 33.4 Å². The summed E-state index contributed by atoms with van der Waals surface area (Å²) < 4.78 is 19.0. The van der Waals surface area contributed by atoms with Crippen LogP contribution in [-0.4, -0.2) is 43.8 Å². The molecule has 1 aliphatic rings. The Balaban J connectivity index is 1.44. The molecule has 6 nitrogen and oxygen atoms in total. The lowest BCUT2D eigenvalue weighted by Crippen LogP contribution is -2.54. The van der Waals surface area contributed by atoms with Gasteiger partial charge in [-0.25, -0.2) is 8.51 Å². The zero-order chi connectivity index (χ0) is 17.6. The van der Waals surface area contributed by atoms with E-state index in [4.69, 9.17) is 4.74 Å². The molecule has 0 amide bonds. The van der Waals surface area contributed by atoms with Crippen molar-refractivity contribution in [2.75, 3.05) is 13.2 Å². The highest BCUT2D eigenvalue weighted by Crippen LogP contribution is 2.24. The van der Waals surface area contributed by atoms with Crippen LogP contribution in [0, 0.1) is 0 Å². The van der Waals surface area contributed by atoms with E-state index in [1.807, 2.05) is 12.1 Å². The summed E-state index contributed by atoms with van der Waals surface area (Å²) in [6.07, 6.45) is 5.53. The molecule has 2 aromatic heterocycles. The maximum absolute atomic E-state index is 12.3. The highest BCUT2D eigenvalue weighted by Gasteiger charge is 2.41. The standard InChI is InChI=1S/C17H18N2O4S2/c20-16(23-10-2-5-13-4-1-8-18-12-13)14-7-9-19(14)25(22)17(21)15-6-3-11-24-15/h1,3-4,6,8,11-12,14H,2,5,7,9-10H2/t14-,25?/m0/s1. The Kier molecular flexibility index (Phi) is 6.06. The number of aryl methyl sites for hydroxylation is 1. The second kappa shape index (κ2) is 8.46. The molecule has 0 radical (unpaired) electrons. The number of carbonyl (C=O) groups is 2. The molecule has 1 aliphatic heterocycles. The van der Waals surface area contributed by atoms with Gasteiger partial charge in [0.15, 0.2) is 11.0 Å². The first-order valence-corrected chi connectivity index (χ1v) is 9.97. The first-order valence-electron chi connectivity index (χ1n) is 7.98. The number of hydrogen-bond donors (Lipinski definition) is 0. The topological polar surface area (TPSA) is 76.6 Å². The minimum absolute atomic E-state index is 0.295. The fourth-order valence-corrected chi connectivity index (χ4v) is 4.54. The summed E-state index contributed by atoms with van der Waals surface area (Å²) in [4.78, 5) is 28.8. The summed E-state index contributed by atoms with van der Waals surface area (Å²) in [5, 5.41) is 1.30. The largest absolute Gasteiger partial charge is 0.464 e. The van der Waals surface area contributed by atoms with Crippen LogP contribution in [0.5, 0.6) is 0 Å². The molecule has 0 N–H and O–H groups in total. The fourth-order valence-electron chi connectivity index (χ4n) is 2.48. The van der Waals surface area contributed by atoms with Crippen LogP contribution in [0.2, 0.25) is 0 Å². The van der Waals surface area contributed by atoms with Gasteiger partial charge in [0.25, 0.3) is 5.12 Å². The molecule has 3 heterocycles. The predicted molar refractivity (Wildman–Crippen MR) is 95.4 cm³/mol. The molecule has 1 fully saturated rings. The van der Waals surface area contributed by atoms with E-state index in [9.17, 15) is 13.8 Å². The summed E-state index contributed by atoms with van der Waals surface area (Å²) in [5.74, 6) is -0.412. The summed E-state index contributed by atoms with van der Waals surface area (Å²) >= 11 is 1.25. The molecule has 0 saturated carbocycles. The van der Waals surface area contributed by atoms with Crippen LogP contribution < -0.4 is 0 Å². The van der Waals surface area contributed by atoms with Crippen molar-refractivity contribution < 1.29 is 18.5 Å². The van der Waals surface area contributed by atoms with E-state index in [0.29, 0.717) is 30.9 Å². The number of carbonyl (C=O) groups excluding carboxylic acids is 2. The van der Waals surface area contributed by atoms with Gasteiger partial charge >= 0.3 is 5.97 Å². The van der Waals surface area contributed by atoms with E-state index in [2.05, 4.69) is 4.98 Å². The third-order valence-corrected chi connectivity index (χ3v) is 6.31. The second-order valence-corrected chi connectivity index (χ2v) is 7.88. The summed E-state index contributed by atoms with van der Waals surface area (Å²) in [6, 6.07) is 6.62. The van der Waals surface area contributed by atoms with Gasteiger partial charge in [-0.1, -0.05) is 12.1 Å². The first-order chi connectivity index (χ1) is 12.2. The predicted octanol–water partition coefficient (Wildman–Crippen LogP) is 2.20. The fraction of sp³-hybridized carbons (Fsp3) is 0.353. The molecule has 1 unspecified atom stereocenters. The smallest absolute Gasteiger partial charge is 0.324 e. The molecule has 25 heavy (non-hydrogen) atoms. The molecule has 1 saturated heterocycles. The van der Waals surface area contributed by atoms with Crippen molar-refractivity contribution in [3.05, 3.63) is 52.5 Å². The van der Waals surface area contributed by atoms with E-state index in [1.54, 1.807) is 29.9 Å². The molecule has 2 aromatic rings. The molecule has 3 rings (SSSR count). The van der Waals surface area contributed by atoms with Gasteiger partial charge in [0, 0.05) is 18.9 Å². The Bertz CT molecular complexity index is 749. The van der Waals surface area contributed by atoms with Crippen LogP contribution in [-0.2, 0) is 26.9 Å². The maximum Gasteiger partial charge on any atom is 0.324 e. The lowest BCUT2D eigenvalue weighted by atomic mass is 10.1. The molecule has 0 aromatic carbocycles.